The summed E-state index contributed by atoms with van der Waals surface area (Å²) in [6, 6.07) is 0. The molecule has 1 aliphatic rings. The molecule has 0 aliphatic carbocycles. The van der Waals surface area contributed by atoms with Crippen LogP contribution < -0.4 is 0 Å². The zero-order chi connectivity index (χ0) is 14.8. The highest BCUT2D eigenvalue weighted by Gasteiger charge is 2.22. The van der Waals surface area contributed by atoms with Gasteiger partial charge in [-0.1, -0.05) is 29.3 Å². The van der Waals surface area contributed by atoms with E-state index in [0.29, 0.717) is 5.91 Å². The third-order valence-electron chi connectivity index (χ3n) is 4.20. The molecule has 1 aliphatic heterocycles. The number of likely N-dealkylation sites (tertiary alicyclic amines) is 1. The fourth-order valence-electron chi connectivity index (χ4n) is 2.85. The SMILES string of the molecule is CCCCN(C)CC1CCN(C(=O)CCCCBr)CC1. The van der Waals surface area contributed by atoms with Crippen molar-refractivity contribution in [2.24, 2.45) is 5.92 Å². The van der Waals surface area contributed by atoms with E-state index in [1.165, 1.54) is 38.8 Å². The Morgan fingerprint density at radius 1 is 1.25 bits per heavy atom. The minimum Gasteiger partial charge on any atom is -0.343 e. The number of alkyl halides is 1. The molecule has 0 bridgehead atoms. The van der Waals surface area contributed by atoms with Crippen LogP contribution in [0.25, 0.3) is 0 Å². The molecule has 1 heterocycles. The molecule has 0 N–H and O–H groups in total. The molecule has 0 saturated carbocycles. The summed E-state index contributed by atoms with van der Waals surface area (Å²) in [4.78, 5) is 16.6. The zero-order valence-corrected chi connectivity index (χ0v) is 14.8. The molecule has 0 aromatic heterocycles. The Morgan fingerprint density at radius 2 is 1.95 bits per heavy atom. The number of hydrogen-bond acceptors (Lipinski definition) is 2. The first-order valence-corrected chi connectivity index (χ1v) is 9.31. The van der Waals surface area contributed by atoms with Gasteiger partial charge in [0.05, 0.1) is 0 Å². The quantitative estimate of drug-likeness (QED) is 0.471. The molecule has 1 saturated heterocycles. The van der Waals surface area contributed by atoms with Gasteiger partial charge >= 0.3 is 0 Å². The molecular formula is C16H31BrN2O. The van der Waals surface area contributed by atoms with Crippen LogP contribution in [0.15, 0.2) is 0 Å². The lowest BCUT2D eigenvalue weighted by Crippen LogP contribution is -2.41. The highest BCUT2D eigenvalue weighted by atomic mass is 79.9. The molecule has 1 fully saturated rings. The maximum absolute atomic E-state index is 12.0. The lowest BCUT2D eigenvalue weighted by Gasteiger charge is -2.34. The summed E-state index contributed by atoms with van der Waals surface area (Å²) in [6.07, 6.45) is 7.77. The molecule has 1 amide bonds. The van der Waals surface area contributed by atoms with Crippen LogP contribution in [-0.2, 0) is 4.79 Å². The van der Waals surface area contributed by atoms with Gasteiger partial charge in [-0.05, 0) is 51.6 Å². The first-order valence-electron chi connectivity index (χ1n) is 8.19. The van der Waals surface area contributed by atoms with Crippen LogP contribution in [0.4, 0.5) is 0 Å². The summed E-state index contributed by atoms with van der Waals surface area (Å²) < 4.78 is 0. The van der Waals surface area contributed by atoms with Crippen molar-refractivity contribution in [3.05, 3.63) is 0 Å². The number of piperidine rings is 1. The van der Waals surface area contributed by atoms with Crippen LogP contribution in [0.2, 0.25) is 0 Å². The Hall–Kier alpha value is -0.0900. The van der Waals surface area contributed by atoms with E-state index in [0.717, 1.165) is 43.6 Å². The van der Waals surface area contributed by atoms with Gasteiger partial charge in [0.15, 0.2) is 0 Å². The van der Waals surface area contributed by atoms with Crippen molar-refractivity contribution in [3.8, 4) is 0 Å². The van der Waals surface area contributed by atoms with Crippen LogP contribution in [0.1, 0.15) is 51.9 Å². The van der Waals surface area contributed by atoms with Gasteiger partial charge in [0.2, 0.25) is 5.91 Å². The van der Waals surface area contributed by atoms with Crippen LogP contribution in [0, 0.1) is 5.92 Å². The van der Waals surface area contributed by atoms with Gasteiger partial charge in [-0.25, -0.2) is 0 Å². The summed E-state index contributed by atoms with van der Waals surface area (Å²) >= 11 is 3.41. The van der Waals surface area contributed by atoms with E-state index in [2.05, 4.69) is 39.7 Å². The highest BCUT2D eigenvalue weighted by Crippen LogP contribution is 2.19. The van der Waals surface area contributed by atoms with E-state index >= 15 is 0 Å². The Balaban J connectivity index is 2.17. The number of carbonyl (C=O) groups excluding carboxylic acids is 1. The van der Waals surface area contributed by atoms with Crippen LogP contribution >= 0.6 is 15.9 Å². The summed E-state index contributed by atoms with van der Waals surface area (Å²) in [5.41, 5.74) is 0. The lowest BCUT2D eigenvalue weighted by molar-refractivity contribution is -0.132. The predicted molar refractivity (Wildman–Crippen MR) is 89.4 cm³/mol. The van der Waals surface area contributed by atoms with Crippen molar-refractivity contribution in [3.63, 3.8) is 0 Å². The number of rotatable bonds is 9. The number of amides is 1. The monoisotopic (exact) mass is 346 g/mol. The summed E-state index contributed by atoms with van der Waals surface area (Å²) in [6.45, 7) is 6.60. The van der Waals surface area contributed by atoms with E-state index in [-0.39, 0.29) is 0 Å². The minimum atomic E-state index is 0.365. The number of unbranched alkanes of at least 4 members (excludes halogenated alkanes) is 2. The predicted octanol–water partition coefficient (Wildman–Crippen LogP) is 3.52. The second-order valence-electron chi connectivity index (χ2n) is 6.09. The van der Waals surface area contributed by atoms with E-state index in [1.807, 2.05) is 0 Å². The molecule has 0 unspecified atom stereocenters. The third-order valence-corrected chi connectivity index (χ3v) is 4.77. The van der Waals surface area contributed by atoms with Gasteiger partial charge < -0.3 is 9.80 Å². The van der Waals surface area contributed by atoms with Gasteiger partial charge in [-0.2, -0.15) is 0 Å². The maximum Gasteiger partial charge on any atom is 0.222 e. The van der Waals surface area contributed by atoms with Crippen molar-refractivity contribution in [2.45, 2.75) is 51.9 Å². The smallest absolute Gasteiger partial charge is 0.222 e. The fraction of sp³-hybridized carbons (Fsp3) is 0.938. The van der Waals surface area contributed by atoms with Crippen molar-refractivity contribution in [1.82, 2.24) is 9.80 Å². The van der Waals surface area contributed by atoms with Gasteiger partial charge in [0, 0.05) is 31.4 Å². The molecule has 0 radical (unpaired) electrons. The summed E-state index contributed by atoms with van der Waals surface area (Å²) in [7, 11) is 2.23. The summed E-state index contributed by atoms with van der Waals surface area (Å²) in [5, 5.41) is 1.01. The Morgan fingerprint density at radius 3 is 2.55 bits per heavy atom. The maximum atomic E-state index is 12.0. The Kier molecular flexibility index (Phi) is 9.53. The van der Waals surface area contributed by atoms with E-state index in [1.54, 1.807) is 0 Å². The normalized spacial score (nSPS) is 16.9. The molecule has 0 spiro atoms. The van der Waals surface area contributed by atoms with Crippen molar-refractivity contribution in [2.75, 3.05) is 38.6 Å². The molecule has 0 aromatic rings. The second-order valence-corrected chi connectivity index (χ2v) is 6.88. The lowest BCUT2D eigenvalue weighted by atomic mass is 9.96. The topological polar surface area (TPSA) is 23.6 Å². The molecule has 0 atom stereocenters. The molecule has 1 rings (SSSR count). The Labute approximate surface area is 133 Å². The van der Waals surface area contributed by atoms with Gasteiger partial charge in [0.25, 0.3) is 0 Å². The molecule has 0 aromatic carbocycles. The molecule has 3 nitrogen and oxygen atoms in total. The largest absolute Gasteiger partial charge is 0.343 e. The van der Waals surface area contributed by atoms with E-state index < -0.39 is 0 Å². The van der Waals surface area contributed by atoms with Crippen LogP contribution in [0.3, 0.4) is 0 Å². The van der Waals surface area contributed by atoms with Gasteiger partial charge in [-0.15, -0.1) is 0 Å². The average Bonchev–Trinajstić information content (AvgIpc) is 2.46. The zero-order valence-electron chi connectivity index (χ0n) is 13.2. The van der Waals surface area contributed by atoms with Gasteiger partial charge in [0.1, 0.15) is 0 Å². The van der Waals surface area contributed by atoms with E-state index in [9.17, 15) is 4.79 Å². The third kappa shape index (κ3) is 7.07. The van der Waals surface area contributed by atoms with Gasteiger partial charge in [-0.3, -0.25) is 4.79 Å². The molecule has 20 heavy (non-hydrogen) atoms. The van der Waals surface area contributed by atoms with Crippen LogP contribution in [0.5, 0.6) is 0 Å². The highest BCUT2D eigenvalue weighted by molar-refractivity contribution is 9.09. The number of halogens is 1. The summed E-state index contributed by atoms with van der Waals surface area (Å²) in [5.74, 6) is 1.15. The number of carbonyl (C=O) groups is 1. The van der Waals surface area contributed by atoms with Crippen LogP contribution in [-0.4, -0.2) is 54.3 Å². The minimum absolute atomic E-state index is 0.365. The first-order chi connectivity index (χ1) is 9.67. The van der Waals surface area contributed by atoms with Crippen molar-refractivity contribution >= 4 is 21.8 Å². The molecular weight excluding hydrogens is 316 g/mol. The second kappa shape index (κ2) is 10.6. The Bertz CT molecular complexity index is 265. The van der Waals surface area contributed by atoms with E-state index in [4.69, 9.17) is 0 Å². The number of nitrogens with zero attached hydrogens (tertiary/aromatic N) is 2. The molecule has 4 heteroatoms. The average molecular weight is 347 g/mol. The van der Waals surface area contributed by atoms with Crippen molar-refractivity contribution in [1.29, 1.82) is 0 Å². The van der Waals surface area contributed by atoms with Crippen molar-refractivity contribution < 1.29 is 4.79 Å². The first kappa shape index (κ1) is 18.0. The number of hydrogen-bond donors (Lipinski definition) is 0. The molecule has 118 valence electrons. The fourth-order valence-corrected chi connectivity index (χ4v) is 3.25. The standard InChI is InChI=1S/C16H31BrN2O/c1-3-4-11-18(2)14-15-8-12-19(13-9-15)16(20)7-5-6-10-17/h15H,3-14H2,1-2H3.